The zero-order chi connectivity index (χ0) is 23.2. The van der Waals surface area contributed by atoms with E-state index in [-0.39, 0.29) is 17.3 Å². The van der Waals surface area contributed by atoms with Crippen LogP contribution in [0.5, 0.6) is 11.5 Å². The summed E-state index contributed by atoms with van der Waals surface area (Å²) in [6.07, 6.45) is -3.49. The van der Waals surface area contributed by atoms with Gasteiger partial charge in [0.25, 0.3) is 5.91 Å². The molecule has 1 amide bonds. The highest BCUT2D eigenvalue weighted by atomic mass is 35.5. The largest absolute Gasteiger partial charge is 0.493 e. The molecular formula is C21H19ClF3N3O3. The average molecular weight is 454 g/mol. The van der Waals surface area contributed by atoms with Crippen molar-refractivity contribution in [2.24, 2.45) is 0 Å². The molecule has 2 aromatic rings. The number of hydrogen-bond donors (Lipinski definition) is 2. The molecule has 0 aliphatic rings. The van der Waals surface area contributed by atoms with Crippen LogP contribution in [0.2, 0.25) is 5.02 Å². The second kappa shape index (κ2) is 10.1. The van der Waals surface area contributed by atoms with Gasteiger partial charge in [0.2, 0.25) is 0 Å². The number of halogens is 4. The highest BCUT2D eigenvalue weighted by Crippen LogP contribution is 2.36. The molecular weight excluding hydrogens is 435 g/mol. The summed E-state index contributed by atoms with van der Waals surface area (Å²) in [6, 6.07) is 9.58. The summed E-state index contributed by atoms with van der Waals surface area (Å²) < 4.78 is 49.4. The standard InChI is InChI=1S/C21H19ClF3N3O3/c1-12(13-4-7-18(30-2)19(8-13)31-3)27-11-14(10-26)20(29)28-15-5-6-17(22)16(9-15)21(23,24)25/h4-9,11-12,27H,1-3H3,(H,28,29)/b14-11-. The summed E-state index contributed by atoms with van der Waals surface area (Å²) in [5.41, 5.74) is -0.763. The Morgan fingerprint density at radius 2 is 1.84 bits per heavy atom. The van der Waals surface area contributed by atoms with E-state index in [4.69, 9.17) is 21.1 Å². The van der Waals surface area contributed by atoms with Crippen molar-refractivity contribution in [3.8, 4) is 17.6 Å². The molecule has 0 aliphatic heterocycles. The molecule has 0 bridgehead atoms. The van der Waals surface area contributed by atoms with Crippen molar-refractivity contribution >= 4 is 23.2 Å². The number of alkyl halides is 3. The third-order valence-corrected chi connectivity index (χ3v) is 4.61. The fraction of sp³-hybridized carbons (Fsp3) is 0.238. The van der Waals surface area contributed by atoms with Gasteiger partial charge in [-0.2, -0.15) is 18.4 Å². The first-order valence-corrected chi connectivity index (χ1v) is 9.24. The van der Waals surface area contributed by atoms with Crippen LogP contribution in [0.25, 0.3) is 0 Å². The normalized spacial score (nSPS) is 12.5. The van der Waals surface area contributed by atoms with Gasteiger partial charge in [0.1, 0.15) is 11.6 Å². The Morgan fingerprint density at radius 1 is 1.16 bits per heavy atom. The Balaban J connectivity index is 2.15. The Morgan fingerprint density at radius 3 is 2.42 bits per heavy atom. The summed E-state index contributed by atoms with van der Waals surface area (Å²) in [7, 11) is 3.01. The van der Waals surface area contributed by atoms with Gasteiger partial charge in [0.15, 0.2) is 11.5 Å². The van der Waals surface area contributed by atoms with Crippen LogP contribution in [0, 0.1) is 11.3 Å². The summed E-state index contributed by atoms with van der Waals surface area (Å²) in [6.45, 7) is 1.79. The van der Waals surface area contributed by atoms with Crippen LogP contribution >= 0.6 is 11.6 Å². The molecule has 1 atom stereocenters. The van der Waals surface area contributed by atoms with Gasteiger partial charge in [-0.25, -0.2) is 0 Å². The van der Waals surface area contributed by atoms with Crippen molar-refractivity contribution < 1.29 is 27.4 Å². The SMILES string of the molecule is COc1ccc(C(C)N/C=C(/C#N)C(=O)Nc2ccc(Cl)c(C(F)(F)F)c2)cc1OC. The highest BCUT2D eigenvalue weighted by molar-refractivity contribution is 6.31. The summed E-state index contributed by atoms with van der Waals surface area (Å²) >= 11 is 5.57. The van der Waals surface area contributed by atoms with Gasteiger partial charge in [-0.1, -0.05) is 17.7 Å². The van der Waals surface area contributed by atoms with Crippen LogP contribution in [0.15, 0.2) is 48.2 Å². The van der Waals surface area contributed by atoms with E-state index in [1.165, 1.54) is 26.5 Å². The first-order valence-electron chi connectivity index (χ1n) is 8.87. The molecule has 164 valence electrons. The number of carbonyl (C=O) groups excluding carboxylic acids is 1. The topological polar surface area (TPSA) is 83.4 Å². The Bertz CT molecular complexity index is 1030. The maximum Gasteiger partial charge on any atom is 0.417 e. The number of nitrogens with zero attached hydrogens (tertiary/aromatic N) is 1. The summed E-state index contributed by atoms with van der Waals surface area (Å²) in [4.78, 5) is 12.3. The van der Waals surface area contributed by atoms with Gasteiger partial charge in [-0.3, -0.25) is 4.79 Å². The molecule has 2 rings (SSSR count). The number of anilines is 1. The summed E-state index contributed by atoms with van der Waals surface area (Å²) in [5, 5.41) is 14.0. The molecule has 0 aliphatic carbocycles. The van der Waals surface area contributed by atoms with E-state index in [1.54, 1.807) is 31.2 Å². The zero-order valence-corrected chi connectivity index (χ0v) is 17.6. The van der Waals surface area contributed by atoms with E-state index >= 15 is 0 Å². The molecule has 1 unspecified atom stereocenters. The lowest BCUT2D eigenvalue weighted by Crippen LogP contribution is -2.19. The maximum atomic E-state index is 13.0. The molecule has 6 nitrogen and oxygen atoms in total. The van der Waals surface area contributed by atoms with Crippen LogP contribution in [-0.2, 0) is 11.0 Å². The average Bonchev–Trinajstić information content (AvgIpc) is 2.73. The highest BCUT2D eigenvalue weighted by Gasteiger charge is 2.33. The quantitative estimate of drug-likeness (QED) is 0.451. The van der Waals surface area contributed by atoms with E-state index < -0.39 is 22.7 Å². The Labute approximate surface area is 182 Å². The van der Waals surface area contributed by atoms with E-state index in [9.17, 15) is 23.2 Å². The molecule has 2 aromatic carbocycles. The molecule has 0 saturated heterocycles. The molecule has 0 heterocycles. The number of benzene rings is 2. The predicted octanol–water partition coefficient (Wildman–Crippen LogP) is 5.07. The van der Waals surface area contributed by atoms with Gasteiger partial charge in [-0.15, -0.1) is 0 Å². The molecule has 0 spiro atoms. The minimum absolute atomic E-state index is 0.143. The van der Waals surface area contributed by atoms with Crippen molar-refractivity contribution in [2.45, 2.75) is 19.1 Å². The van der Waals surface area contributed by atoms with E-state index in [0.717, 1.165) is 11.6 Å². The number of amides is 1. The zero-order valence-electron chi connectivity index (χ0n) is 16.8. The predicted molar refractivity (Wildman–Crippen MR) is 110 cm³/mol. The molecule has 2 N–H and O–H groups in total. The Kier molecular flexibility index (Phi) is 7.78. The number of ether oxygens (including phenoxy) is 2. The smallest absolute Gasteiger partial charge is 0.417 e. The Hall–Kier alpha value is -3.38. The van der Waals surface area contributed by atoms with Gasteiger partial charge in [0.05, 0.1) is 24.8 Å². The van der Waals surface area contributed by atoms with Crippen molar-refractivity contribution in [3.05, 3.63) is 64.3 Å². The van der Waals surface area contributed by atoms with Crippen LogP contribution in [-0.4, -0.2) is 20.1 Å². The fourth-order valence-electron chi connectivity index (χ4n) is 2.59. The van der Waals surface area contributed by atoms with E-state index in [2.05, 4.69) is 10.6 Å². The lowest BCUT2D eigenvalue weighted by Gasteiger charge is -2.16. The van der Waals surface area contributed by atoms with Crippen LogP contribution in [0.1, 0.15) is 24.1 Å². The lowest BCUT2D eigenvalue weighted by atomic mass is 10.1. The van der Waals surface area contributed by atoms with Crippen LogP contribution < -0.4 is 20.1 Å². The molecule has 0 radical (unpaired) electrons. The third kappa shape index (κ3) is 6.06. The minimum atomic E-state index is -4.68. The molecule has 31 heavy (non-hydrogen) atoms. The van der Waals surface area contributed by atoms with E-state index in [0.29, 0.717) is 17.6 Å². The number of rotatable bonds is 7. The second-order valence-corrected chi connectivity index (χ2v) is 6.73. The first kappa shape index (κ1) is 23.9. The maximum absolute atomic E-state index is 13.0. The number of methoxy groups -OCH3 is 2. The molecule has 10 heteroatoms. The van der Waals surface area contributed by atoms with Crippen LogP contribution in [0.4, 0.5) is 18.9 Å². The van der Waals surface area contributed by atoms with Gasteiger partial charge < -0.3 is 20.1 Å². The van der Waals surface area contributed by atoms with Crippen molar-refractivity contribution in [1.29, 1.82) is 5.26 Å². The number of nitrogens with one attached hydrogen (secondary N) is 2. The fourth-order valence-corrected chi connectivity index (χ4v) is 2.82. The van der Waals surface area contributed by atoms with Gasteiger partial charge >= 0.3 is 6.18 Å². The van der Waals surface area contributed by atoms with Crippen molar-refractivity contribution in [1.82, 2.24) is 5.32 Å². The first-order chi connectivity index (χ1) is 14.6. The van der Waals surface area contributed by atoms with Crippen molar-refractivity contribution in [2.75, 3.05) is 19.5 Å². The van der Waals surface area contributed by atoms with E-state index in [1.807, 2.05) is 0 Å². The van der Waals surface area contributed by atoms with Crippen LogP contribution in [0.3, 0.4) is 0 Å². The number of nitriles is 1. The summed E-state index contributed by atoms with van der Waals surface area (Å²) in [5.74, 6) is 0.191. The molecule has 0 saturated carbocycles. The minimum Gasteiger partial charge on any atom is -0.493 e. The number of carbonyl (C=O) groups is 1. The van der Waals surface area contributed by atoms with Gasteiger partial charge in [-0.05, 0) is 42.8 Å². The van der Waals surface area contributed by atoms with Crippen molar-refractivity contribution in [3.63, 3.8) is 0 Å². The second-order valence-electron chi connectivity index (χ2n) is 6.32. The number of hydrogen-bond acceptors (Lipinski definition) is 5. The lowest BCUT2D eigenvalue weighted by molar-refractivity contribution is -0.137. The molecule has 0 aromatic heterocycles. The molecule has 0 fully saturated rings. The monoisotopic (exact) mass is 453 g/mol. The third-order valence-electron chi connectivity index (χ3n) is 4.28. The van der Waals surface area contributed by atoms with Gasteiger partial charge in [0, 0.05) is 17.9 Å².